The quantitative estimate of drug-likeness (QED) is 0.774. The molecule has 124 valence electrons. The zero-order valence-corrected chi connectivity index (χ0v) is 13.7. The van der Waals surface area contributed by atoms with Crippen LogP contribution in [0.25, 0.3) is 0 Å². The number of benzene rings is 1. The molecule has 0 spiro atoms. The Hall–Kier alpha value is -2.96. The second kappa shape index (κ2) is 6.27. The summed E-state index contributed by atoms with van der Waals surface area (Å²) in [5, 5.41) is 10.8. The average molecular weight is 326 g/mol. The van der Waals surface area contributed by atoms with Crippen molar-refractivity contribution in [3.8, 4) is 0 Å². The molecule has 1 amide bonds. The monoisotopic (exact) mass is 326 g/mol. The first kappa shape index (κ1) is 15.9. The van der Waals surface area contributed by atoms with Gasteiger partial charge in [-0.05, 0) is 32.9 Å². The summed E-state index contributed by atoms with van der Waals surface area (Å²) in [5.41, 5.74) is 0.523. The van der Waals surface area contributed by atoms with Gasteiger partial charge in [0.15, 0.2) is 5.82 Å². The number of carbonyl (C=O) groups is 1. The predicted octanol–water partition coefficient (Wildman–Crippen LogP) is 2.62. The number of amides is 1. The molecule has 24 heavy (non-hydrogen) atoms. The third kappa shape index (κ3) is 3.51. The minimum atomic E-state index is -0.769. The topological polar surface area (TPSA) is 94.1 Å². The summed E-state index contributed by atoms with van der Waals surface area (Å²) >= 11 is 0. The molecule has 0 saturated heterocycles. The van der Waals surface area contributed by atoms with Crippen LogP contribution < -0.4 is 5.32 Å². The van der Waals surface area contributed by atoms with E-state index in [-0.39, 0.29) is 5.91 Å². The lowest BCUT2D eigenvalue weighted by molar-refractivity contribution is 0.0907. The second-order valence-corrected chi connectivity index (χ2v) is 6.06. The summed E-state index contributed by atoms with van der Waals surface area (Å²) in [6.45, 7) is 5.46. The SMILES string of the molecule is Cc1cc(Cc2nc(C(C)(C)NC(=O)c3ccccc3)no2)no1. The molecular formula is C17H18N4O3. The summed E-state index contributed by atoms with van der Waals surface area (Å²) < 4.78 is 10.3. The highest BCUT2D eigenvalue weighted by Crippen LogP contribution is 2.19. The molecule has 0 aliphatic heterocycles. The maximum atomic E-state index is 12.3. The molecule has 7 nitrogen and oxygen atoms in total. The largest absolute Gasteiger partial charge is 0.361 e. The van der Waals surface area contributed by atoms with Gasteiger partial charge in [-0.3, -0.25) is 4.79 Å². The van der Waals surface area contributed by atoms with Crippen LogP contribution >= 0.6 is 0 Å². The first-order valence-corrected chi connectivity index (χ1v) is 7.57. The molecule has 0 atom stereocenters. The molecule has 3 rings (SSSR count). The highest BCUT2D eigenvalue weighted by atomic mass is 16.5. The third-order valence-electron chi connectivity index (χ3n) is 3.50. The molecule has 2 aromatic heterocycles. The van der Waals surface area contributed by atoms with E-state index in [2.05, 4.69) is 20.6 Å². The number of hydrogen-bond acceptors (Lipinski definition) is 6. The normalized spacial score (nSPS) is 11.5. The lowest BCUT2D eigenvalue weighted by Crippen LogP contribution is -2.41. The lowest BCUT2D eigenvalue weighted by Gasteiger charge is -2.22. The van der Waals surface area contributed by atoms with Crippen LogP contribution in [0.4, 0.5) is 0 Å². The number of aryl methyl sites for hydroxylation is 1. The van der Waals surface area contributed by atoms with Crippen LogP contribution in [0.1, 0.15) is 47.4 Å². The zero-order valence-electron chi connectivity index (χ0n) is 13.7. The fourth-order valence-electron chi connectivity index (χ4n) is 2.24. The van der Waals surface area contributed by atoms with Gasteiger partial charge in [0, 0.05) is 11.6 Å². The van der Waals surface area contributed by atoms with Crippen LogP contribution in [0, 0.1) is 6.92 Å². The summed E-state index contributed by atoms with van der Waals surface area (Å²) in [6, 6.07) is 10.8. The molecule has 1 N–H and O–H groups in total. The second-order valence-electron chi connectivity index (χ2n) is 6.06. The minimum Gasteiger partial charge on any atom is -0.361 e. The maximum absolute atomic E-state index is 12.3. The van der Waals surface area contributed by atoms with Crippen molar-refractivity contribution in [3.63, 3.8) is 0 Å². The van der Waals surface area contributed by atoms with Crippen LogP contribution in [0.15, 0.2) is 45.4 Å². The number of carbonyl (C=O) groups excluding carboxylic acids is 1. The first-order chi connectivity index (χ1) is 11.4. The Balaban J connectivity index is 1.72. The van der Waals surface area contributed by atoms with Crippen molar-refractivity contribution in [2.24, 2.45) is 0 Å². The van der Waals surface area contributed by atoms with E-state index in [9.17, 15) is 4.79 Å². The summed E-state index contributed by atoms with van der Waals surface area (Å²) in [4.78, 5) is 16.7. The van der Waals surface area contributed by atoms with E-state index in [0.29, 0.717) is 29.4 Å². The molecule has 0 saturated carbocycles. The van der Waals surface area contributed by atoms with Crippen LogP contribution in [0.5, 0.6) is 0 Å². The molecular weight excluding hydrogens is 308 g/mol. The Morgan fingerprint density at radius 3 is 2.58 bits per heavy atom. The van der Waals surface area contributed by atoms with E-state index in [1.165, 1.54) is 0 Å². The predicted molar refractivity (Wildman–Crippen MR) is 85.3 cm³/mol. The molecule has 0 unspecified atom stereocenters. The van der Waals surface area contributed by atoms with Crippen LogP contribution in [0.2, 0.25) is 0 Å². The molecule has 0 fully saturated rings. The van der Waals surface area contributed by atoms with E-state index < -0.39 is 5.54 Å². The maximum Gasteiger partial charge on any atom is 0.252 e. The molecule has 0 aliphatic rings. The number of aromatic nitrogens is 3. The third-order valence-corrected chi connectivity index (χ3v) is 3.50. The van der Waals surface area contributed by atoms with E-state index in [4.69, 9.17) is 9.05 Å². The van der Waals surface area contributed by atoms with Gasteiger partial charge in [-0.2, -0.15) is 4.98 Å². The van der Waals surface area contributed by atoms with Gasteiger partial charge in [0.2, 0.25) is 5.89 Å². The number of nitrogens with one attached hydrogen (secondary N) is 1. The average Bonchev–Trinajstić information content (AvgIpc) is 3.18. The number of hydrogen-bond donors (Lipinski definition) is 1. The highest BCUT2D eigenvalue weighted by Gasteiger charge is 2.29. The summed E-state index contributed by atoms with van der Waals surface area (Å²) in [6.07, 6.45) is 0.382. The fraction of sp³-hybridized carbons (Fsp3) is 0.294. The van der Waals surface area contributed by atoms with Gasteiger partial charge in [-0.25, -0.2) is 0 Å². The standard InChI is InChI=1S/C17H18N4O3/c1-11-9-13(20-23-11)10-14-18-16(21-24-14)17(2,3)19-15(22)12-7-5-4-6-8-12/h4-9H,10H2,1-3H3,(H,19,22). The van der Waals surface area contributed by atoms with Crippen LogP contribution in [0.3, 0.4) is 0 Å². The van der Waals surface area contributed by atoms with Crippen molar-refractivity contribution < 1.29 is 13.8 Å². The number of nitrogens with zero attached hydrogens (tertiary/aromatic N) is 3. The summed E-state index contributed by atoms with van der Waals surface area (Å²) in [5.74, 6) is 1.35. The lowest BCUT2D eigenvalue weighted by atomic mass is 10.0. The van der Waals surface area contributed by atoms with Crippen molar-refractivity contribution in [1.82, 2.24) is 20.6 Å². The Morgan fingerprint density at radius 2 is 1.92 bits per heavy atom. The molecule has 2 heterocycles. The Bertz CT molecular complexity index is 836. The molecule has 0 aliphatic carbocycles. The highest BCUT2D eigenvalue weighted by molar-refractivity contribution is 5.94. The molecule has 7 heteroatoms. The zero-order chi connectivity index (χ0) is 17.2. The van der Waals surface area contributed by atoms with Crippen molar-refractivity contribution in [2.75, 3.05) is 0 Å². The van der Waals surface area contributed by atoms with Crippen molar-refractivity contribution in [3.05, 3.63) is 65.1 Å². The van der Waals surface area contributed by atoms with Gasteiger partial charge in [0.1, 0.15) is 5.76 Å². The fourth-order valence-corrected chi connectivity index (χ4v) is 2.24. The van der Waals surface area contributed by atoms with Gasteiger partial charge in [0.25, 0.3) is 5.91 Å². The van der Waals surface area contributed by atoms with E-state index >= 15 is 0 Å². The van der Waals surface area contributed by atoms with Crippen LogP contribution in [-0.4, -0.2) is 21.2 Å². The van der Waals surface area contributed by atoms with Gasteiger partial charge >= 0.3 is 0 Å². The molecule has 0 bridgehead atoms. The van der Waals surface area contributed by atoms with E-state index in [1.54, 1.807) is 12.1 Å². The van der Waals surface area contributed by atoms with Crippen LogP contribution in [-0.2, 0) is 12.0 Å². The smallest absolute Gasteiger partial charge is 0.252 e. The Kier molecular flexibility index (Phi) is 4.16. The Labute approximate surface area is 139 Å². The summed E-state index contributed by atoms with van der Waals surface area (Å²) in [7, 11) is 0. The Morgan fingerprint density at radius 1 is 1.17 bits per heavy atom. The molecule has 3 aromatic rings. The van der Waals surface area contributed by atoms with Crippen molar-refractivity contribution >= 4 is 5.91 Å². The van der Waals surface area contributed by atoms with E-state index in [0.717, 1.165) is 5.76 Å². The minimum absolute atomic E-state index is 0.195. The van der Waals surface area contributed by atoms with Gasteiger partial charge < -0.3 is 14.4 Å². The van der Waals surface area contributed by atoms with Gasteiger partial charge in [-0.1, -0.05) is 28.5 Å². The van der Waals surface area contributed by atoms with Crippen molar-refractivity contribution in [2.45, 2.75) is 32.7 Å². The van der Waals surface area contributed by atoms with E-state index in [1.807, 2.05) is 45.0 Å². The molecule has 0 radical (unpaired) electrons. The van der Waals surface area contributed by atoms with Gasteiger partial charge in [0.05, 0.1) is 17.7 Å². The first-order valence-electron chi connectivity index (χ1n) is 7.57. The van der Waals surface area contributed by atoms with Gasteiger partial charge in [-0.15, -0.1) is 0 Å². The number of rotatable bonds is 5. The molecule has 1 aromatic carbocycles. The van der Waals surface area contributed by atoms with Crippen molar-refractivity contribution in [1.29, 1.82) is 0 Å².